The molecule has 0 aromatic rings. The molecule has 0 aliphatic heterocycles. The second-order valence-corrected chi connectivity index (χ2v) is 2.78. The molecule has 11 heavy (non-hydrogen) atoms. The van der Waals surface area contributed by atoms with Crippen LogP contribution in [0.15, 0.2) is 0 Å². The van der Waals surface area contributed by atoms with Crippen molar-refractivity contribution in [1.29, 1.82) is 0 Å². The van der Waals surface area contributed by atoms with Gasteiger partial charge in [0.2, 0.25) is 0 Å². The van der Waals surface area contributed by atoms with E-state index >= 15 is 0 Å². The second-order valence-electron chi connectivity index (χ2n) is 2.78. The Labute approximate surface area is 65.5 Å². The van der Waals surface area contributed by atoms with Gasteiger partial charge in [-0.05, 0) is 20.3 Å². The summed E-state index contributed by atoms with van der Waals surface area (Å²) in [6.45, 7) is 2.92. The van der Waals surface area contributed by atoms with E-state index < -0.39 is 24.1 Å². The van der Waals surface area contributed by atoms with Crippen molar-refractivity contribution >= 4 is 5.97 Å². The zero-order valence-electron chi connectivity index (χ0n) is 6.69. The second kappa shape index (κ2) is 4.31. The molecule has 0 heterocycles. The van der Waals surface area contributed by atoms with Gasteiger partial charge in [0.15, 0.2) is 0 Å². The van der Waals surface area contributed by atoms with E-state index in [4.69, 9.17) is 15.3 Å². The van der Waals surface area contributed by atoms with Crippen LogP contribution in [-0.2, 0) is 4.79 Å². The molecule has 0 aliphatic rings. The van der Waals surface area contributed by atoms with Crippen LogP contribution in [-0.4, -0.2) is 33.5 Å². The summed E-state index contributed by atoms with van der Waals surface area (Å²) >= 11 is 0. The van der Waals surface area contributed by atoms with E-state index in [0.29, 0.717) is 0 Å². The van der Waals surface area contributed by atoms with E-state index in [2.05, 4.69) is 0 Å². The predicted octanol–water partition coefficient (Wildman–Crippen LogP) is -0.161. The Morgan fingerprint density at radius 1 is 1.36 bits per heavy atom. The Bertz CT molecular complexity index is 132. The highest BCUT2D eigenvalue weighted by Gasteiger charge is 2.22. The maximum atomic E-state index is 10.3. The maximum Gasteiger partial charge on any atom is 0.308 e. The Balaban J connectivity index is 3.82. The van der Waals surface area contributed by atoms with Gasteiger partial charge in [0.25, 0.3) is 0 Å². The van der Waals surface area contributed by atoms with Gasteiger partial charge < -0.3 is 15.3 Å². The van der Waals surface area contributed by atoms with Crippen molar-refractivity contribution in [3.63, 3.8) is 0 Å². The van der Waals surface area contributed by atoms with Crippen molar-refractivity contribution in [1.82, 2.24) is 0 Å². The summed E-state index contributed by atoms with van der Waals surface area (Å²) in [6.07, 6.45) is -1.52. The molecule has 0 saturated carbocycles. The SMILES string of the molecule is C[C@H](C(=O)O)[C@H](O)C[C@@H](C)O. The third-order valence-corrected chi connectivity index (χ3v) is 1.55. The molecule has 0 aromatic carbocycles. The van der Waals surface area contributed by atoms with Gasteiger partial charge in [-0.1, -0.05) is 0 Å². The number of carboxylic acids is 1. The molecule has 0 rings (SSSR count). The van der Waals surface area contributed by atoms with Crippen LogP contribution in [0.3, 0.4) is 0 Å². The third kappa shape index (κ3) is 3.95. The van der Waals surface area contributed by atoms with E-state index in [1.54, 1.807) is 0 Å². The molecular formula is C7H14O4. The fraction of sp³-hybridized carbons (Fsp3) is 0.857. The van der Waals surface area contributed by atoms with Crippen LogP contribution in [0.5, 0.6) is 0 Å². The summed E-state index contributed by atoms with van der Waals surface area (Å²) in [5, 5.41) is 26.3. The van der Waals surface area contributed by atoms with Crippen LogP contribution in [0.1, 0.15) is 20.3 Å². The fourth-order valence-electron chi connectivity index (χ4n) is 0.718. The number of aliphatic hydroxyl groups is 2. The van der Waals surface area contributed by atoms with Crippen molar-refractivity contribution in [2.45, 2.75) is 32.5 Å². The molecule has 4 nitrogen and oxygen atoms in total. The minimum absolute atomic E-state index is 0.105. The molecule has 0 aromatic heterocycles. The summed E-state index contributed by atoms with van der Waals surface area (Å²) in [5.41, 5.74) is 0. The lowest BCUT2D eigenvalue weighted by molar-refractivity contribution is -0.145. The first kappa shape index (κ1) is 10.4. The van der Waals surface area contributed by atoms with Crippen molar-refractivity contribution in [2.75, 3.05) is 0 Å². The van der Waals surface area contributed by atoms with Crippen LogP contribution in [0, 0.1) is 5.92 Å². The summed E-state index contributed by atoms with van der Waals surface area (Å²) in [6, 6.07) is 0. The summed E-state index contributed by atoms with van der Waals surface area (Å²) in [5.74, 6) is -1.86. The van der Waals surface area contributed by atoms with Crippen molar-refractivity contribution in [3.8, 4) is 0 Å². The first-order chi connectivity index (χ1) is 4.95. The van der Waals surface area contributed by atoms with Crippen LogP contribution in [0.4, 0.5) is 0 Å². The smallest absolute Gasteiger partial charge is 0.308 e. The zero-order valence-corrected chi connectivity index (χ0v) is 6.69. The average Bonchev–Trinajstić information content (AvgIpc) is 1.84. The lowest BCUT2D eigenvalue weighted by Crippen LogP contribution is -2.28. The van der Waals surface area contributed by atoms with Gasteiger partial charge in [-0.2, -0.15) is 0 Å². The van der Waals surface area contributed by atoms with Crippen LogP contribution in [0.2, 0.25) is 0 Å². The monoisotopic (exact) mass is 162 g/mol. The minimum Gasteiger partial charge on any atom is -0.481 e. The lowest BCUT2D eigenvalue weighted by Gasteiger charge is -2.15. The molecule has 66 valence electrons. The van der Waals surface area contributed by atoms with E-state index in [0.717, 1.165) is 0 Å². The molecular weight excluding hydrogens is 148 g/mol. The lowest BCUT2D eigenvalue weighted by atomic mass is 10.0. The van der Waals surface area contributed by atoms with Crippen molar-refractivity contribution in [2.24, 2.45) is 5.92 Å². The Kier molecular flexibility index (Phi) is 4.07. The molecule has 0 unspecified atom stereocenters. The number of carboxylic acid groups (broad SMARTS) is 1. The molecule has 0 radical (unpaired) electrons. The molecule has 0 saturated heterocycles. The highest BCUT2D eigenvalue weighted by Crippen LogP contribution is 2.08. The van der Waals surface area contributed by atoms with Gasteiger partial charge in [0.1, 0.15) is 0 Å². The van der Waals surface area contributed by atoms with Crippen LogP contribution in [0.25, 0.3) is 0 Å². The maximum absolute atomic E-state index is 10.3. The molecule has 3 N–H and O–H groups in total. The van der Waals surface area contributed by atoms with Gasteiger partial charge >= 0.3 is 5.97 Å². The standard InChI is InChI=1S/C7H14O4/c1-4(8)3-6(9)5(2)7(10)11/h4-6,8-9H,3H2,1-2H3,(H,10,11)/t4-,5+,6-/m1/s1. The number of carbonyl (C=O) groups is 1. The minimum atomic E-state index is -1.04. The molecule has 0 fully saturated rings. The van der Waals surface area contributed by atoms with E-state index in [-0.39, 0.29) is 6.42 Å². The highest BCUT2D eigenvalue weighted by molar-refractivity contribution is 5.70. The summed E-state index contributed by atoms with van der Waals surface area (Å²) in [7, 11) is 0. The van der Waals surface area contributed by atoms with E-state index in [1.165, 1.54) is 13.8 Å². The first-order valence-electron chi connectivity index (χ1n) is 3.54. The molecule has 0 spiro atoms. The van der Waals surface area contributed by atoms with Gasteiger partial charge in [0, 0.05) is 0 Å². The topological polar surface area (TPSA) is 77.8 Å². The number of hydrogen-bond acceptors (Lipinski definition) is 3. The highest BCUT2D eigenvalue weighted by atomic mass is 16.4. The zero-order chi connectivity index (χ0) is 9.02. The number of rotatable bonds is 4. The average molecular weight is 162 g/mol. The van der Waals surface area contributed by atoms with Crippen molar-refractivity contribution in [3.05, 3.63) is 0 Å². The largest absolute Gasteiger partial charge is 0.481 e. The number of hydrogen-bond donors (Lipinski definition) is 3. The molecule has 4 heteroatoms. The third-order valence-electron chi connectivity index (χ3n) is 1.55. The first-order valence-corrected chi connectivity index (χ1v) is 3.54. The van der Waals surface area contributed by atoms with E-state index in [9.17, 15) is 4.79 Å². The normalized spacial score (nSPS) is 18.9. The Morgan fingerprint density at radius 3 is 2.09 bits per heavy atom. The fourth-order valence-corrected chi connectivity index (χ4v) is 0.718. The van der Waals surface area contributed by atoms with Crippen molar-refractivity contribution < 1.29 is 20.1 Å². The Hall–Kier alpha value is -0.610. The molecule has 0 amide bonds. The van der Waals surface area contributed by atoms with Gasteiger partial charge in [-0.15, -0.1) is 0 Å². The number of aliphatic carboxylic acids is 1. The predicted molar refractivity (Wildman–Crippen MR) is 39.1 cm³/mol. The molecule has 0 bridgehead atoms. The van der Waals surface area contributed by atoms with Gasteiger partial charge in [-0.3, -0.25) is 4.79 Å². The van der Waals surface area contributed by atoms with Gasteiger partial charge in [0.05, 0.1) is 18.1 Å². The quantitative estimate of drug-likeness (QED) is 0.536. The Morgan fingerprint density at radius 2 is 1.82 bits per heavy atom. The summed E-state index contributed by atoms with van der Waals surface area (Å²) < 4.78 is 0. The molecule has 0 aliphatic carbocycles. The van der Waals surface area contributed by atoms with E-state index in [1.807, 2.05) is 0 Å². The number of aliphatic hydroxyl groups excluding tert-OH is 2. The molecule has 3 atom stereocenters. The van der Waals surface area contributed by atoms with Gasteiger partial charge in [-0.25, -0.2) is 0 Å². The van der Waals surface area contributed by atoms with Crippen LogP contribution < -0.4 is 0 Å². The van der Waals surface area contributed by atoms with Crippen LogP contribution >= 0.6 is 0 Å². The summed E-state index contributed by atoms with van der Waals surface area (Å²) in [4.78, 5) is 10.3.